The van der Waals surface area contributed by atoms with Crippen LogP contribution >= 0.6 is 11.3 Å². The van der Waals surface area contributed by atoms with Crippen molar-refractivity contribution in [2.24, 2.45) is 0 Å². The smallest absolute Gasteiger partial charge is 0.210 e. The molecule has 3 aromatic rings. The molecule has 0 saturated carbocycles. The third-order valence-electron chi connectivity index (χ3n) is 4.88. The van der Waals surface area contributed by atoms with Gasteiger partial charge in [-0.25, -0.2) is 0 Å². The second-order valence-corrected chi connectivity index (χ2v) is 7.26. The van der Waals surface area contributed by atoms with E-state index in [1.807, 2.05) is 35.2 Å². The zero-order valence-electron chi connectivity index (χ0n) is 13.7. The van der Waals surface area contributed by atoms with Crippen LogP contribution in [0.15, 0.2) is 66.0 Å². The lowest BCUT2D eigenvalue weighted by Gasteiger charge is -2.38. The first-order valence-electron chi connectivity index (χ1n) is 8.34. The number of benzene rings is 2. The normalized spacial score (nSPS) is 19.5. The molecule has 0 radical (unpaired) electrons. The average molecular weight is 349 g/mol. The molecule has 3 nitrogen and oxygen atoms in total. The van der Waals surface area contributed by atoms with Crippen molar-refractivity contribution >= 4 is 17.7 Å². The molecule has 4 heteroatoms. The molecule has 4 rings (SSSR count). The summed E-state index contributed by atoms with van der Waals surface area (Å²) >= 11 is 1.76. The van der Waals surface area contributed by atoms with Crippen LogP contribution in [0.4, 0.5) is 0 Å². The maximum atomic E-state index is 11.8. The van der Waals surface area contributed by atoms with E-state index in [2.05, 4.69) is 35.7 Å². The van der Waals surface area contributed by atoms with E-state index in [-0.39, 0.29) is 18.6 Å². The first-order chi connectivity index (χ1) is 12.3. The summed E-state index contributed by atoms with van der Waals surface area (Å²) in [6, 6.07) is 20.4. The average Bonchev–Trinajstić information content (AvgIpc) is 3.17. The lowest BCUT2D eigenvalue weighted by Crippen LogP contribution is -2.37. The number of thiophene rings is 1. The Balaban J connectivity index is 1.77. The number of fused-ring (bicyclic) bond motifs is 1. The van der Waals surface area contributed by atoms with Gasteiger partial charge in [0.1, 0.15) is 0 Å². The predicted molar refractivity (Wildman–Crippen MR) is 99.6 cm³/mol. The van der Waals surface area contributed by atoms with E-state index in [0.717, 1.165) is 17.5 Å². The zero-order chi connectivity index (χ0) is 17.2. The minimum absolute atomic E-state index is 0.0204. The van der Waals surface area contributed by atoms with E-state index in [1.165, 1.54) is 16.0 Å². The van der Waals surface area contributed by atoms with Crippen molar-refractivity contribution in [2.45, 2.75) is 18.6 Å². The molecule has 0 saturated heterocycles. The molecule has 1 aliphatic heterocycles. The second-order valence-electron chi connectivity index (χ2n) is 6.31. The number of nitrogens with zero attached hydrogens (tertiary/aromatic N) is 1. The monoisotopic (exact) mass is 349 g/mol. The molecule has 0 bridgehead atoms. The van der Waals surface area contributed by atoms with E-state index < -0.39 is 0 Å². The van der Waals surface area contributed by atoms with E-state index >= 15 is 0 Å². The highest BCUT2D eigenvalue weighted by Gasteiger charge is 2.35. The lowest BCUT2D eigenvalue weighted by molar-refractivity contribution is -0.120. The number of hydrogen-bond donors (Lipinski definition) is 1. The van der Waals surface area contributed by atoms with Crippen molar-refractivity contribution < 1.29 is 9.90 Å². The minimum Gasteiger partial charge on any atom is -0.392 e. The number of hydrogen-bond acceptors (Lipinski definition) is 3. The number of aliphatic hydroxyl groups excluding tert-OH is 1. The number of aliphatic hydroxyl groups is 1. The molecule has 25 heavy (non-hydrogen) atoms. The molecule has 0 spiro atoms. The summed E-state index contributed by atoms with van der Waals surface area (Å²) in [6.07, 6.45) is 0.966. The first kappa shape index (κ1) is 16.1. The molecule has 2 atom stereocenters. The Morgan fingerprint density at radius 1 is 1.04 bits per heavy atom. The van der Waals surface area contributed by atoms with Crippen LogP contribution in [0, 0.1) is 0 Å². The number of carbonyl (C=O) groups is 1. The highest BCUT2D eigenvalue weighted by molar-refractivity contribution is 7.10. The fourth-order valence-corrected chi connectivity index (χ4v) is 4.69. The van der Waals surface area contributed by atoms with Gasteiger partial charge in [0.15, 0.2) is 0 Å². The van der Waals surface area contributed by atoms with Crippen molar-refractivity contribution in [3.05, 3.63) is 93.2 Å². The van der Waals surface area contributed by atoms with Gasteiger partial charge in [0.25, 0.3) is 0 Å². The summed E-state index contributed by atoms with van der Waals surface area (Å²) in [4.78, 5) is 15.1. The van der Waals surface area contributed by atoms with Crippen LogP contribution in [0.2, 0.25) is 0 Å². The molecule has 2 aromatic carbocycles. The van der Waals surface area contributed by atoms with Gasteiger partial charge in [-0.3, -0.25) is 4.79 Å². The standard InChI is InChI=1S/C21H19NO2S/c23-13-15-6-8-16(9-7-15)19-12-22(14-24)20(17-4-2-1-3-5-17)18-10-11-25-21(18)19/h1-11,14,19-20,23H,12-13H2. The quantitative estimate of drug-likeness (QED) is 0.725. The van der Waals surface area contributed by atoms with Crippen LogP contribution in [0.1, 0.15) is 39.1 Å². The van der Waals surface area contributed by atoms with E-state index in [4.69, 9.17) is 0 Å². The van der Waals surface area contributed by atoms with Crippen molar-refractivity contribution in [1.29, 1.82) is 0 Å². The Morgan fingerprint density at radius 3 is 2.48 bits per heavy atom. The van der Waals surface area contributed by atoms with Gasteiger partial charge in [0.05, 0.1) is 12.6 Å². The van der Waals surface area contributed by atoms with Gasteiger partial charge in [-0.05, 0) is 33.7 Å². The van der Waals surface area contributed by atoms with E-state index in [1.54, 1.807) is 11.3 Å². The molecule has 0 aliphatic carbocycles. The Labute approximate surface area is 151 Å². The van der Waals surface area contributed by atoms with Gasteiger partial charge in [-0.2, -0.15) is 0 Å². The molecule has 2 unspecified atom stereocenters. The molecule has 1 aromatic heterocycles. The largest absolute Gasteiger partial charge is 0.392 e. The third-order valence-corrected chi connectivity index (χ3v) is 5.92. The highest BCUT2D eigenvalue weighted by atomic mass is 32.1. The van der Waals surface area contributed by atoms with Crippen LogP contribution in [0.3, 0.4) is 0 Å². The van der Waals surface area contributed by atoms with Gasteiger partial charge in [-0.15, -0.1) is 11.3 Å². The first-order valence-corrected chi connectivity index (χ1v) is 9.22. The number of carbonyl (C=O) groups excluding carboxylic acids is 1. The molecule has 0 fully saturated rings. The Kier molecular flexibility index (Phi) is 4.38. The van der Waals surface area contributed by atoms with Crippen LogP contribution in [-0.4, -0.2) is 23.0 Å². The minimum atomic E-state index is -0.0204. The fraction of sp³-hybridized carbons (Fsp3) is 0.190. The molecular formula is C21H19NO2S. The summed E-state index contributed by atoms with van der Waals surface area (Å²) in [5.41, 5.74) is 4.44. The molecular weight excluding hydrogens is 330 g/mol. The van der Waals surface area contributed by atoms with Gasteiger partial charge in [-0.1, -0.05) is 54.6 Å². The number of rotatable bonds is 4. The van der Waals surface area contributed by atoms with Crippen LogP contribution in [0.25, 0.3) is 0 Å². The SMILES string of the molecule is O=CN1CC(c2ccc(CO)cc2)c2sccc2C1c1ccccc1. The summed E-state index contributed by atoms with van der Waals surface area (Å²) in [5, 5.41) is 11.4. The Morgan fingerprint density at radius 2 is 1.80 bits per heavy atom. The van der Waals surface area contributed by atoms with E-state index in [0.29, 0.717) is 6.54 Å². The van der Waals surface area contributed by atoms with Gasteiger partial charge >= 0.3 is 0 Å². The Hall–Kier alpha value is -2.43. The van der Waals surface area contributed by atoms with Gasteiger partial charge < -0.3 is 10.0 Å². The predicted octanol–water partition coefficient (Wildman–Crippen LogP) is 3.93. The van der Waals surface area contributed by atoms with E-state index in [9.17, 15) is 9.90 Å². The molecule has 1 amide bonds. The van der Waals surface area contributed by atoms with Crippen LogP contribution in [-0.2, 0) is 11.4 Å². The Bertz CT molecular complexity index is 857. The summed E-state index contributed by atoms with van der Waals surface area (Å²) < 4.78 is 0. The molecule has 126 valence electrons. The number of amides is 1. The molecule has 2 heterocycles. The summed E-state index contributed by atoms with van der Waals surface area (Å²) in [7, 11) is 0. The van der Waals surface area contributed by atoms with Crippen LogP contribution in [0.5, 0.6) is 0 Å². The molecule has 1 N–H and O–H groups in total. The summed E-state index contributed by atoms with van der Waals surface area (Å²) in [5.74, 6) is 0.174. The van der Waals surface area contributed by atoms with Crippen LogP contribution < -0.4 is 0 Å². The van der Waals surface area contributed by atoms with Crippen molar-refractivity contribution in [2.75, 3.05) is 6.54 Å². The second kappa shape index (κ2) is 6.82. The summed E-state index contributed by atoms with van der Waals surface area (Å²) in [6.45, 7) is 0.709. The molecule has 1 aliphatic rings. The van der Waals surface area contributed by atoms with Crippen molar-refractivity contribution in [3.63, 3.8) is 0 Å². The van der Waals surface area contributed by atoms with Crippen molar-refractivity contribution in [3.8, 4) is 0 Å². The fourth-order valence-electron chi connectivity index (χ4n) is 3.64. The lowest BCUT2D eigenvalue weighted by atomic mass is 9.85. The highest BCUT2D eigenvalue weighted by Crippen LogP contribution is 2.44. The zero-order valence-corrected chi connectivity index (χ0v) is 14.5. The van der Waals surface area contributed by atoms with Crippen molar-refractivity contribution in [1.82, 2.24) is 4.90 Å². The maximum Gasteiger partial charge on any atom is 0.210 e. The van der Waals surface area contributed by atoms with Gasteiger partial charge in [0, 0.05) is 17.3 Å². The van der Waals surface area contributed by atoms with Gasteiger partial charge in [0.2, 0.25) is 6.41 Å². The topological polar surface area (TPSA) is 40.5 Å². The third kappa shape index (κ3) is 2.88. The maximum absolute atomic E-state index is 11.8.